The van der Waals surface area contributed by atoms with E-state index in [2.05, 4.69) is 10.6 Å². The van der Waals surface area contributed by atoms with Crippen molar-refractivity contribution in [2.75, 3.05) is 12.4 Å². The van der Waals surface area contributed by atoms with Gasteiger partial charge in [-0.15, -0.1) is 0 Å². The molecule has 1 aliphatic heterocycles. The van der Waals surface area contributed by atoms with Gasteiger partial charge < -0.3 is 15.4 Å². The van der Waals surface area contributed by atoms with E-state index in [1.165, 1.54) is 0 Å². The number of methoxy groups -OCH3 is 1. The number of hydrogen-bond donors (Lipinski definition) is 2. The first kappa shape index (κ1) is 14.4. The van der Waals surface area contributed by atoms with Gasteiger partial charge in [-0.2, -0.15) is 0 Å². The highest BCUT2D eigenvalue weighted by atomic mass is 16.5. The maximum atomic E-state index is 12.1. The molecule has 108 valence electrons. The number of rotatable bonds is 3. The highest BCUT2D eigenvalue weighted by Gasteiger charge is 2.27. The molecule has 20 heavy (non-hydrogen) atoms. The number of hydrogen-bond acceptors (Lipinski definition) is 3. The molecule has 0 saturated carbocycles. The molecule has 2 N–H and O–H groups in total. The van der Waals surface area contributed by atoms with Crippen molar-refractivity contribution in [2.45, 2.75) is 39.7 Å². The number of nitrogens with one attached hydrogen (secondary N) is 2. The molecule has 1 aromatic rings. The summed E-state index contributed by atoms with van der Waals surface area (Å²) in [5, 5.41) is 5.57. The van der Waals surface area contributed by atoms with Crippen LogP contribution >= 0.6 is 0 Å². The molecule has 5 heteroatoms. The van der Waals surface area contributed by atoms with Crippen LogP contribution in [0.5, 0.6) is 5.75 Å². The van der Waals surface area contributed by atoms with E-state index in [4.69, 9.17) is 4.74 Å². The van der Waals surface area contributed by atoms with E-state index in [0.29, 0.717) is 12.8 Å². The van der Waals surface area contributed by atoms with Crippen molar-refractivity contribution in [1.29, 1.82) is 0 Å². The van der Waals surface area contributed by atoms with Crippen LogP contribution in [-0.2, 0) is 9.59 Å². The first-order valence-electron chi connectivity index (χ1n) is 6.69. The van der Waals surface area contributed by atoms with Gasteiger partial charge in [0, 0.05) is 12.1 Å². The van der Waals surface area contributed by atoms with E-state index in [-0.39, 0.29) is 11.8 Å². The molecule has 1 fully saturated rings. The average Bonchev–Trinajstić information content (AvgIpc) is 2.83. The van der Waals surface area contributed by atoms with Crippen LogP contribution in [0.2, 0.25) is 0 Å². The number of ether oxygens (including phenoxy) is 1. The van der Waals surface area contributed by atoms with E-state index in [1.54, 1.807) is 7.11 Å². The Balaban J connectivity index is 2.21. The van der Waals surface area contributed by atoms with Gasteiger partial charge in [0.25, 0.3) is 0 Å². The lowest BCUT2D eigenvalue weighted by molar-refractivity contribution is -0.122. The van der Waals surface area contributed by atoms with Crippen LogP contribution in [0.15, 0.2) is 6.07 Å². The zero-order chi connectivity index (χ0) is 14.9. The van der Waals surface area contributed by atoms with Crippen molar-refractivity contribution in [3.63, 3.8) is 0 Å². The van der Waals surface area contributed by atoms with E-state index in [0.717, 1.165) is 28.1 Å². The molecule has 0 radical (unpaired) electrons. The predicted molar refractivity (Wildman–Crippen MR) is 77.0 cm³/mol. The minimum atomic E-state index is -0.426. The highest BCUT2D eigenvalue weighted by Crippen LogP contribution is 2.31. The van der Waals surface area contributed by atoms with E-state index in [9.17, 15) is 9.59 Å². The molecule has 0 aliphatic carbocycles. The van der Waals surface area contributed by atoms with Gasteiger partial charge in [-0.25, -0.2) is 0 Å². The number of anilines is 1. The summed E-state index contributed by atoms with van der Waals surface area (Å²) in [4.78, 5) is 23.3. The summed E-state index contributed by atoms with van der Waals surface area (Å²) in [6, 6.07) is 1.47. The van der Waals surface area contributed by atoms with E-state index >= 15 is 0 Å². The van der Waals surface area contributed by atoms with Crippen molar-refractivity contribution < 1.29 is 14.3 Å². The lowest BCUT2D eigenvalue weighted by Crippen LogP contribution is -2.37. The Hall–Kier alpha value is -2.04. The second-order valence-electron chi connectivity index (χ2n) is 5.17. The highest BCUT2D eigenvalue weighted by molar-refractivity contribution is 5.99. The summed E-state index contributed by atoms with van der Waals surface area (Å²) in [5.41, 5.74) is 3.73. The fourth-order valence-corrected chi connectivity index (χ4v) is 2.53. The fraction of sp³-hybridized carbons (Fsp3) is 0.467. The number of amides is 2. The van der Waals surface area contributed by atoms with Gasteiger partial charge in [0.2, 0.25) is 11.8 Å². The second-order valence-corrected chi connectivity index (χ2v) is 5.17. The molecule has 0 bridgehead atoms. The maximum Gasteiger partial charge on any atom is 0.246 e. The molecule has 1 aromatic carbocycles. The molecular weight excluding hydrogens is 256 g/mol. The Morgan fingerprint density at radius 1 is 1.35 bits per heavy atom. The Labute approximate surface area is 118 Å². The second kappa shape index (κ2) is 5.53. The first-order valence-corrected chi connectivity index (χ1v) is 6.69. The molecular formula is C15H20N2O3. The van der Waals surface area contributed by atoms with Crippen molar-refractivity contribution in [2.24, 2.45) is 0 Å². The molecule has 1 unspecified atom stereocenters. The van der Waals surface area contributed by atoms with Crippen LogP contribution in [0.4, 0.5) is 5.69 Å². The summed E-state index contributed by atoms with van der Waals surface area (Å²) >= 11 is 0. The van der Waals surface area contributed by atoms with Crippen molar-refractivity contribution in [3.05, 3.63) is 22.8 Å². The summed E-state index contributed by atoms with van der Waals surface area (Å²) in [5.74, 6) is 0.613. The third-order valence-corrected chi connectivity index (χ3v) is 3.80. The van der Waals surface area contributed by atoms with Crippen LogP contribution < -0.4 is 15.4 Å². The van der Waals surface area contributed by atoms with Crippen molar-refractivity contribution in [3.8, 4) is 5.75 Å². The van der Waals surface area contributed by atoms with Gasteiger partial charge in [-0.3, -0.25) is 9.59 Å². The quantitative estimate of drug-likeness (QED) is 0.885. The van der Waals surface area contributed by atoms with Gasteiger partial charge in [0.05, 0.1) is 7.11 Å². The van der Waals surface area contributed by atoms with Gasteiger partial charge in [-0.1, -0.05) is 0 Å². The molecule has 1 saturated heterocycles. The molecule has 0 spiro atoms. The molecule has 1 atom stereocenters. The van der Waals surface area contributed by atoms with Crippen molar-refractivity contribution in [1.82, 2.24) is 5.32 Å². The Morgan fingerprint density at radius 3 is 2.60 bits per heavy atom. The summed E-state index contributed by atoms with van der Waals surface area (Å²) in [7, 11) is 1.64. The Morgan fingerprint density at radius 2 is 2.05 bits per heavy atom. The monoisotopic (exact) mass is 276 g/mol. The largest absolute Gasteiger partial charge is 0.496 e. The normalized spacial score (nSPS) is 17.8. The van der Waals surface area contributed by atoms with E-state index in [1.807, 2.05) is 26.8 Å². The van der Waals surface area contributed by atoms with Crippen LogP contribution in [0.3, 0.4) is 0 Å². The minimum absolute atomic E-state index is 0.0658. The standard InChI is InChI=1S/C15H20N2O3/c1-8-7-12(9(2)10(3)14(8)20-4)17-15(19)11-5-6-13(18)16-11/h7,11H,5-6H2,1-4H3,(H,16,18)(H,17,19). The smallest absolute Gasteiger partial charge is 0.246 e. The lowest BCUT2D eigenvalue weighted by Gasteiger charge is -2.17. The Kier molecular flexibility index (Phi) is 3.97. The molecule has 2 rings (SSSR count). The topological polar surface area (TPSA) is 67.4 Å². The van der Waals surface area contributed by atoms with Crippen LogP contribution in [0, 0.1) is 20.8 Å². The van der Waals surface area contributed by atoms with Crippen molar-refractivity contribution >= 4 is 17.5 Å². The predicted octanol–water partition coefficient (Wildman–Crippen LogP) is 1.84. The van der Waals surface area contributed by atoms with Crippen LogP contribution in [0.1, 0.15) is 29.5 Å². The van der Waals surface area contributed by atoms with E-state index < -0.39 is 6.04 Å². The number of aryl methyl sites for hydroxylation is 1. The maximum absolute atomic E-state index is 12.1. The lowest BCUT2D eigenvalue weighted by atomic mass is 10.0. The summed E-state index contributed by atoms with van der Waals surface area (Å²) in [6.07, 6.45) is 0.968. The first-order chi connectivity index (χ1) is 9.43. The third kappa shape index (κ3) is 2.61. The summed E-state index contributed by atoms with van der Waals surface area (Å²) < 4.78 is 5.36. The van der Waals surface area contributed by atoms with Crippen LogP contribution in [-0.4, -0.2) is 25.0 Å². The van der Waals surface area contributed by atoms with Crippen LogP contribution in [0.25, 0.3) is 0 Å². The molecule has 1 aliphatic rings. The van der Waals surface area contributed by atoms with Gasteiger partial charge >= 0.3 is 0 Å². The molecule has 1 heterocycles. The minimum Gasteiger partial charge on any atom is -0.496 e. The fourth-order valence-electron chi connectivity index (χ4n) is 2.53. The number of carbonyl (C=O) groups is 2. The van der Waals surface area contributed by atoms with Gasteiger partial charge in [-0.05, 0) is 49.9 Å². The number of benzene rings is 1. The van der Waals surface area contributed by atoms with Gasteiger partial charge in [0.15, 0.2) is 0 Å². The zero-order valence-corrected chi connectivity index (χ0v) is 12.3. The number of carbonyl (C=O) groups excluding carboxylic acids is 2. The molecule has 0 aromatic heterocycles. The Bertz CT molecular complexity index is 567. The SMILES string of the molecule is COc1c(C)cc(NC(=O)C2CCC(=O)N2)c(C)c1C. The summed E-state index contributed by atoms with van der Waals surface area (Å²) in [6.45, 7) is 5.85. The van der Waals surface area contributed by atoms with Gasteiger partial charge in [0.1, 0.15) is 11.8 Å². The zero-order valence-electron chi connectivity index (χ0n) is 12.3. The molecule has 5 nitrogen and oxygen atoms in total. The average molecular weight is 276 g/mol. The molecule has 2 amide bonds. The third-order valence-electron chi connectivity index (χ3n) is 3.80.